The maximum Gasteiger partial charge on any atom is 0.237 e. The summed E-state index contributed by atoms with van der Waals surface area (Å²) in [4.78, 5) is 26.0. The fourth-order valence-corrected chi connectivity index (χ4v) is 3.48. The van der Waals surface area contributed by atoms with Gasteiger partial charge in [0.15, 0.2) is 0 Å². The molecule has 112 valence electrons. The maximum atomic E-state index is 12.9. The highest BCUT2D eigenvalue weighted by atomic mass is 16.2. The van der Waals surface area contributed by atoms with E-state index in [1.165, 1.54) is 0 Å². The van der Waals surface area contributed by atoms with Crippen molar-refractivity contribution in [3.05, 3.63) is 29.8 Å². The summed E-state index contributed by atoms with van der Waals surface area (Å²) in [5, 5.41) is 3.27. The Bertz CT molecular complexity index is 552. The number of benzene rings is 1. The van der Waals surface area contributed by atoms with Gasteiger partial charge in [0.1, 0.15) is 0 Å². The lowest BCUT2D eigenvalue weighted by atomic mass is 9.98. The van der Waals surface area contributed by atoms with Crippen molar-refractivity contribution in [3.63, 3.8) is 0 Å². The summed E-state index contributed by atoms with van der Waals surface area (Å²) in [7, 11) is 0. The van der Waals surface area contributed by atoms with Gasteiger partial charge in [0.05, 0.1) is 12.5 Å². The molecular weight excluding hydrogens is 266 g/mol. The first-order valence-electron chi connectivity index (χ1n) is 7.58. The van der Waals surface area contributed by atoms with Crippen LogP contribution < -0.4 is 11.1 Å². The van der Waals surface area contributed by atoms with Gasteiger partial charge < -0.3 is 16.0 Å². The van der Waals surface area contributed by atoms with E-state index >= 15 is 0 Å². The molecular formula is C16H21N3O2. The zero-order valence-corrected chi connectivity index (χ0v) is 12.0. The molecule has 2 amide bonds. The molecule has 3 N–H and O–H groups in total. The van der Waals surface area contributed by atoms with Crippen LogP contribution in [0.25, 0.3) is 0 Å². The molecule has 0 bridgehead atoms. The predicted molar refractivity (Wildman–Crippen MR) is 80.8 cm³/mol. The molecule has 0 radical (unpaired) electrons. The van der Waals surface area contributed by atoms with Gasteiger partial charge in [0, 0.05) is 18.3 Å². The molecule has 1 fully saturated rings. The van der Waals surface area contributed by atoms with Gasteiger partial charge in [-0.15, -0.1) is 0 Å². The van der Waals surface area contributed by atoms with E-state index in [9.17, 15) is 9.59 Å². The number of anilines is 1. The first-order chi connectivity index (χ1) is 10.2. The Balaban J connectivity index is 1.82. The zero-order chi connectivity index (χ0) is 14.8. The van der Waals surface area contributed by atoms with E-state index in [1.54, 1.807) is 4.90 Å². The molecule has 1 aliphatic heterocycles. The van der Waals surface area contributed by atoms with Crippen LogP contribution in [0.5, 0.6) is 0 Å². The highest BCUT2D eigenvalue weighted by Crippen LogP contribution is 2.34. The van der Waals surface area contributed by atoms with Crippen LogP contribution in [-0.4, -0.2) is 35.8 Å². The average Bonchev–Trinajstić information content (AvgIpc) is 3.13. The first kappa shape index (κ1) is 13.9. The standard InChI is InChI=1S/C16H21N3O2/c17-15(20)10-19(11-5-1-2-6-11)16(21)13-9-18-14-8-4-3-7-12(13)14/h3-4,7-8,11,13,18H,1-2,5-6,9-10H2,(H2,17,20). The molecule has 1 saturated carbocycles. The second-order valence-electron chi connectivity index (χ2n) is 5.89. The average molecular weight is 287 g/mol. The van der Waals surface area contributed by atoms with Crippen molar-refractivity contribution in [2.24, 2.45) is 5.73 Å². The van der Waals surface area contributed by atoms with E-state index in [4.69, 9.17) is 5.73 Å². The number of hydrogen-bond donors (Lipinski definition) is 2. The molecule has 1 aliphatic carbocycles. The van der Waals surface area contributed by atoms with Crippen LogP contribution in [-0.2, 0) is 9.59 Å². The number of nitrogens with zero attached hydrogens (tertiary/aromatic N) is 1. The summed E-state index contributed by atoms with van der Waals surface area (Å²) in [6, 6.07) is 8.03. The van der Waals surface area contributed by atoms with E-state index < -0.39 is 5.91 Å². The van der Waals surface area contributed by atoms with E-state index in [-0.39, 0.29) is 24.4 Å². The molecule has 1 aromatic rings. The lowest BCUT2D eigenvalue weighted by molar-refractivity contribution is -0.138. The Morgan fingerprint density at radius 2 is 1.95 bits per heavy atom. The van der Waals surface area contributed by atoms with Crippen LogP contribution in [0.4, 0.5) is 5.69 Å². The fraction of sp³-hybridized carbons (Fsp3) is 0.500. The van der Waals surface area contributed by atoms with Crippen molar-refractivity contribution >= 4 is 17.5 Å². The number of primary amides is 1. The molecule has 2 aliphatic rings. The summed E-state index contributed by atoms with van der Waals surface area (Å²) in [6.45, 7) is 0.627. The highest BCUT2D eigenvalue weighted by molar-refractivity contribution is 5.91. The number of hydrogen-bond acceptors (Lipinski definition) is 3. The van der Waals surface area contributed by atoms with Crippen molar-refractivity contribution in [1.82, 2.24) is 4.90 Å². The Hall–Kier alpha value is -2.04. The molecule has 0 spiro atoms. The number of para-hydroxylation sites is 1. The minimum absolute atomic E-state index is 0.0261. The topological polar surface area (TPSA) is 75.4 Å². The molecule has 0 saturated heterocycles. The lowest BCUT2D eigenvalue weighted by Gasteiger charge is -2.30. The van der Waals surface area contributed by atoms with E-state index in [0.29, 0.717) is 6.54 Å². The molecule has 3 rings (SSSR count). The summed E-state index contributed by atoms with van der Waals surface area (Å²) in [5.41, 5.74) is 7.38. The molecule has 1 unspecified atom stereocenters. The number of carbonyl (C=O) groups is 2. The van der Waals surface area contributed by atoms with Crippen LogP contribution in [0.1, 0.15) is 37.2 Å². The molecule has 1 heterocycles. The summed E-state index contributed by atoms with van der Waals surface area (Å²) < 4.78 is 0. The Kier molecular flexibility index (Phi) is 3.82. The van der Waals surface area contributed by atoms with Crippen LogP contribution in [0.2, 0.25) is 0 Å². The van der Waals surface area contributed by atoms with Crippen molar-refractivity contribution in [2.45, 2.75) is 37.6 Å². The van der Waals surface area contributed by atoms with Crippen molar-refractivity contribution in [3.8, 4) is 0 Å². The van der Waals surface area contributed by atoms with Crippen LogP contribution >= 0.6 is 0 Å². The van der Waals surface area contributed by atoms with Gasteiger partial charge in [-0.25, -0.2) is 0 Å². The Morgan fingerprint density at radius 3 is 2.67 bits per heavy atom. The van der Waals surface area contributed by atoms with Gasteiger partial charge in [0.25, 0.3) is 0 Å². The van der Waals surface area contributed by atoms with Gasteiger partial charge in [-0.2, -0.15) is 0 Å². The second-order valence-corrected chi connectivity index (χ2v) is 5.89. The van der Waals surface area contributed by atoms with Gasteiger partial charge in [-0.1, -0.05) is 31.0 Å². The molecule has 1 aromatic carbocycles. The van der Waals surface area contributed by atoms with Crippen LogP contribution in [0, 0.1) is 0 Å². The SMILES string of the molecule is NC(=O)CN(C(=O)C1CNc2ccccc21)C1CCCC1. The third kappa shape index (κ3) is 2.73. The van der Waals surface area contributed by atoms with Gasteiger partial charge in [-0.05, 0) is 24.5 Å². The second kappa shape index (κ2) is 5.76. The smallest absolute Gasteiger partial charge is 0.237 e. The van der Waals surface area contributed by atoms with Crippen molar-refractivity contribution in [1.29, 1.82) is 0 Å². The fourth-order valence-electron chi connectivity index (χ4n) is 3.48. The molecule has 5 heteroatoms. The van der Waals surface area contributed by atoms with Gasteiger partial charge in [-0.3, -0.25) is 9.59 Å². The number of nitrogens with two attached hydrogens (primary N) is 1. The molecule has 21 heavy (non-hydrogen) atoms. The normalized spacial score (nSPS) is 20.9. The number of rotatable bonds is 4. The maximum absolute atomic E-state index is 12.9. The predicted octanol–water partition coefficient (Wildman–Crippen LogP) is 1.45. The van der Waals surface area contributed by atoms with Crippen LogP contribution in [0.15, 0.2) is 24.3 Å². The zero-order valence-electron chi connectivity index (χ0n) is 12.0. The first-order valence-corrected chi connectivity index (χ1v) is 7.58. The van der Waals surface area contributed by atoms with Crippen LogP contribution in [0.3, 0.4) is 0 Å². The van der Waals surface area contributed by atoms with E-state index in [1.807, 2.05) is 24.3 Å². The van der Waals surface area contributed by atoms with Crippen molar-refractivity contribution in [2.75, 3.05) is 18.4 Å². The number of nitrogens with one attached hydrogen (secondary N) is 1. The lowest BCUT2D eigenvalue weighted by Crippen LogP contribution is -2.46. The quantitative estimate of drug-likeness (QED) is 0.880. The highest BCUT2D eigenvalue weighted by Gasteiger charge is 2.36. The summed E-state index contributed by atoms with van der Waals surface area (Å²) in [5.74, 6) is -0.617. The minimum atomic E-state index is -0.436. The van der Waals surface area contributed by atoms with Gasteiger partial charge >= 0.3 is 0 Å². The van der Waals surface area contributed by atoms with Gasteiger partial charge in [0.2, 0.25) is 11.8 Å². The molecule has 1 atom stereocenters. The Labute approximate surface area is 124 Å². The number of fused-ring (bicyclic) bond motifs is 1. The summed E-state index contributed by atoms with van der Waals surface area (Å²) >= 11 is 0. The van der Waals surface area contributed by atoms with E-state index in [2.05, 4.69) is 5.32 Å². The summed E-state index contributed by atoms with van der Waals surface area (Å²) in [6.07, 6.45) is 4.18. The number of carbonyl (C=O) groups excluding carboxylic acids is 2. The largest absolute Gasteiger partial charge is 0.384 e. The molecule has 5 nitrogen and oxygen atoms in total. The van der Waals surface area contributed by atoms with E-state index in [0.717, 1.165) is 36.9 Å². The third-order valence-corrected chi connectivity index (χ3v) is 4.51. The third-order valence-electron chi connectivity index (χ3n) is 4.51. The van der Waals surface area contributed by atoms with Crippen molar-refractivity contribution < 1.29 is 9.59 Å². The number of amides is 2. The monoisotopic (exact) mass is 287 g/mol. The molecule has 0 aromatic heterocycles. The Morgan fingerprint density at radius 1 is 1.24 bits per heavy atom. The minimum Gasteiger partial charge on any atom is -0.384 e.